The molecule has 0 spiro atoms. The number of rotatable bonds is 3. The summed E-state index contributed by atoms with van der Waals surface area (Å²) in [6.45, 7) is 0. The van der Waals surface area contributed by atoms with Crippen molar-refractivity contribution >= 4 is 55.1 Å². The van der Waals surface area contributed by atoms with E-state index < -0.39 is 0 Å². The number of aromatic nitrogens is 1. The van der Waals surface area contributed by atoms with Crippen LogP contribution in [-0.4, -0.2) is 4.57 Å². The first kappa shape index (κ1) is 25.7. The highest BCUT2D eigenvalue weighted by atomic mass is 32.2. The van der Waals surface area contributed by atoms with Crippen molar-refractivity contribution in [2.24, 2.45) is 0 Å². The summed E-state index contributed by atoms with van der Waals surface area (Å²) in [6.07, 6.45) is 0. The van der Waals surface area contributed by atoms with Crippen LogP contribution in [0.5, 0.6) is 0 Å². The molecule has 0 atom stereocenters. The predicted octanol–water partition coefficient (Wildman–Crippen LogP) is 12.6. The Labute approximate surface area is 271 Å². The highest BCUT2D eigenvalue weighted by Crippen LogP contribution is 2.49. The van der Waals surface area contributed by atoms with Crippen LogP contribution in [0, 0.1) is 0 Å². The van der Waals surface area contributed by atoms with Crippen molar-refractivity contribution in [3.63, 3.8) is 0 Å². The van der Waals surface area contributed by atoms with E-state index in [0.29, 0.717) is 0 Å². The summed E-state index contributed by atoms with van der Waals surface area (Å²) in [5.74, 6) is 0. The Morgan fingerprint density at radius 3 is 1.93 bits per heavy atom. The Hall–Kier alpha value is -5.57. The highest BCUT2D eigenvalue weighted by molar-refractivity contribution is 7.99. The van der Waals surface area contributed by atoms with Crippen LogP contribution in [0.2, 0.25) is 0 Å². The van der Waals surface area contributed by atoms with Gasteiger partial charge in [-0.1, -0.05) is 127 Å². The van der Waals surface area contributed by atoms with Crippen molar-refractivity contribution in [2.45, 2.75) is 9.79 Å². The molecule has 2 heteroatoms. The van der Waals surface area contributed by atoms with Crippen molar-refractivity contribution in [1.82, 2.24) is 4.57 Å². The van der Waals surface area contributed by atoms with Crippen molar-refractivity contribution in [3.8, 4) is 39.1 Å². The van der Waals surface area contributed by atoms with E-state index in [1.54, 1.807) is 0 Å². The zero-order valence-electron chi connectivity index (χ0n) is 24.9. The minimum atomic E-state index is 1.18. The first-order chi connectivity index (χ1) is 22.8. The van der Waals surface area contributed by atoms with Gasteiger partial charge in [-0.3, -0.25) is 0 Å². The van der Waals surface area contributed by atoms with Gasteiger partial charge in [-0.2, -0.15) is 0 Å². The highest BCUT2D eigenvalue weighted by Gasteiger charge is 2.20. The Morgan fingerprint density at radius 1 is 0.370 bits per heavy atom. The standard InChI is InChI=1S/C44H27NS/c1-2-11-33(12-3-1)45-40-23-21-32(26-38(40)39-25-30-9-4-5-10-31(30)27-41(39)45)28-17-19-29(20-18-28)34-22-24-43-44-36(34)14-8-15-37(44)35-13-6-7-16-42(35)46-43/h1-27H. The van der Waals surface area contributed by atoms with Gasteiger partial charge in [0.2, 0.25) is 0 Å². The largest absolute Gasteiger partial charge is 0.309 e. The van der Waals surface area contributed by atoms with Crippen LogP contribution in [0.4, 0.5) is 0 Å². The maximum Gasteiger partial charge on any atom is 0.0547 e. The first-order valence-corrected chi connectivity index (χ1v) is 16.6. The molecule has 1 aliphatic heterocycles. The van der Waals surface area contributed by atoms with E-state index in [2.05, 4.69) is 168 Å². The fourth-order valence-electron chi connectivity index (χ4n) is 7.41. The van der Waals surface area contributed by atoms with Crippen LogP contribution in [0.25, 0.3) is 82.4 Å². The fraction of sp³-hybridized carbons (Fsp3) is 0. The van der Waals surface area contributed by atoms with Gasteiger partial charge in [0.25, 0.3) is 0 Å². The molecule has 1 nitrogen and oxygen atoms in total. The molecule has 46 heavy (non-hydrogen) atoms. The summed E-state index contributed by atoms with van der Waals surface area (Å²) < 4.78 is 2.40. The van der Waals surface area contributed by atoms with Crippen molar-refractivity contribution in [1.29, 1.82) is 0 Å². The van der Waals surface area contributed by atoms with Crippen LogP contribution < -0.4 is 0 Å². The third-order valence-electron chi connectivity index (χ3n) is 9.58. The van der Waals surface area contributed by atoms with Gasteiger partial charge in [0.1, 0.15) is 0 Å². The summed E-state index contributed by atoms with van der Waals surface area (Å²) in [5, 5.41) is 7.74. The average Bonchev–Trinajstić information content (AvgIpc) is 3.44. The Morgan fingerprint density at radius 2 is 1.07 bits per heavy atom. The smallest absolute Gasteiger partial charge is 0.0547 e. The van der Waals surface area contributed by atoms with E-state index in [1.807, 2.05) is 11.8 Å². The van der Waals surface area contributed by atoms with Crippen LogP contribution in [0.3, 0.4) is 0 Å². The van der Waals surface area contributed by atoms with Gasteiger partial charge in [-0.25, -0.2) is 0 Å². The molecule has 0 saturated heterocycles. The predicted molar refractivity (Wildman–Crippen MR) is 196 cm³/mol. The summed E-state index contributed by atoms with van der Waals surface area (Å²) in [5.41, 5.74) is 11.3. The number of fused-ring (bicyclic) bond motifs is 6. The van der Waals surface area contributed by atoms with E-state index in [0.717, 1.165) is 0 Å². The van der Waals surface area contributed by atoms with Crippen LogP contribution in [0.1, 0.15) is 0 Å². The summed E-state index contributed by atoms with van der Waals surface area (Å²) in [7, 11) is 0. The van der Waals surface area contributed by atoms with E-state index in [9.17, 15) is 0 Å². The molecule has 2 heterocycles. The van der Waals surface area contributed by atoms with Crippen LogP contribution in [-0.2, 0) is 0 Å². The first-order valence-electron chi connectivity index (χ1n) is 15.8. The van der Waals surface area contributed by atoms with E-state index >= 15 is 0 Å². The molecular formula is C44H27NS. The summed E-state index contributed by atoms with van der Waals surface area (Å²) in [4.78, 5) is 2.66. The summed E-state index contributed by atoms with van der Waals surface area (Å²) in [6, 6.07) is 60.2. The average molecular weight is 602 g/mol. The minimum Gasteiger partial charge on any atom is -0.309 e. The Balaban J connectivity index is 1.10. The molecule has 0 N–H and O–H groups in total. The Kier molecular flexibility index (Phi) is 5.58. The molecule has 0 aliphatic carbocycles. The third-order valence-corrected chi connectivity index (χ3v) is 10.7. The number of benzene rings is 8. The lowest BCUT2D eigenvalue weighted by molar-refractivity contribution is 1.18. The van der Waals surface area contributed by atoms with Crippen LogP contribution in [0.15, 0.2) is 174 Å². The normalized spacial score (nSPS) is 12.3. The molecule has 0 amide bonds. The molecule has 0 fully saturated rings. The molecule has 0 bridgehead atoms. The molecule has 9 aromatic rings. The maximum absolute atomic E-state index is 2.40. The third kappa shape index (κ3) is 3.84. The quantitative estimate of drug-likeness (QED) is 0.195. The second-order valence-corrected chi connectivity index (χ2v) is 13.2. The lowest BCUT2D eigenvalue weighted by Crippen LogP contribution is -1.94. The van der Waals surface area contributed by atoms with Crippen LogP contribution >= 0.6 is 11.8 Å². The molecule has 0 saturated carbocycles. The zero-order chi connectivity index (χ0) is 30.2. The van der Waals surface area contributed by atoms with Gasteiger partial charge < -0.3 is 4.57 Å². The zero-order valence-corrected chi connectivity index (χ0v) is 25.8. The molecule has 10 rings (SSSR count). The van der Waals surface area contributed by atoms with E-state index in [-0.39, 0.29) is 0 Å². The van der Waals surface area contributed by atoms with Gasteiger partial charge in [-0.05, 0) is 98.1 Å². The molecular weight excluding hydrogens is 575 g/mol. The number of para-hydroxylation sites is 1. The molecule has 8 aromatic carbocycles. The van der Waals surface area contributed by atoms with Gasteiger partial charge in [0.05, 0.1) is 11.0 Å². The second-order valence-electron chi connectivity index (χ2n) is 12.1. The monoisotopic (exact) mass is 601 g/mol. The number of hydrogen-bond donors (Lipinski definition) is 0. The van der Waals surface area contributed by atoms with Gasteiger partial charge in [-0.15, -0.1) is 0 Å². The van der Waals surface area contributed by atoms with Gasteiger partial charge in [0, 0.05) is 31.6 Å². The lowest BCUT2D eigenvalue weighted by Gasteiger charge is -2.21. The molecule has 0 unspecified atom stereocenters. The summed E-state index contributed by atoms with van der Waals surface area (Å²) >= 11 is 1.88. The second kappa shape index (κ2) is 9.97. The minimum absolute atomic E-state index is 1.18. The van der Waals surface area contributed by atoms with Crippen molar-refractivity contribution in [3.05, 3.63) is 164 Å². The lowest BCUT2D eigenvalue weighted by atomic mass is 9.91. The topological polar surface area (TPSA) is 4.93 Å². The SMILES string of the molecule is c1ccc(-n2c3ccc(-c4ccc(-c5ccc6c7c(cccc57)-c5ccccc5S6)cc4)cc3c3cc4ccccc4cc32)cc1. The maximum atomic E-state index is 2.40. The number of nitrogens with zero attached hydrogens (tertiary/aromatic N) is 1. The molecule has 214 valence electrons. The van der Waals surface area contributed by atoms with E-state index in [1.165, 1.54) is 92.2 Å². The fourth-order valence-corrected chi connectivity index (χ4v) is 8.54. The van der Waals surface area contributed by atoms with Gasteiger partial charge in [0.15, 0.2) is 0 Å². The number of hydrogen-bond acceptors (Lipinski definition) is 1. The van der Waals surface area contributed by atoms with Crippen molar-refractivity contribution < 1.29 is 0 Å². The van der Waals surface area contributed by atoms with E-state index in [4.69, 9.17) is 0 Å². The molecule has 0 radical (unpaired) electrons. The Bertz CT molecular complexity index is 2650. The molecule has 1 aromatic heterocycles. The molecule has 1 aliphatic rings. The van der Waals surface area contributed by atoms with Crippen molar-refractivity contribution in [2.75, 3.05) is 0 Å². The van der Waals surface area contributed by atoms with Gasteiger partial charge >= 0.3 is 0 Å².